The van der Waals surface area contributed by atoms with Crippen molar-refractivity contribution in [2.45, 2.75) is 24.6 Å². The predicted molar refractivity (Wildman–Crippen MR) is 67.9 cm³/mol. The lowest BCUT2D eigenvalue weighted by molar-refractivity contribution is 0.747. The molecule has 0 bridgehead atoms. The summed E-state index contributed by atoms with van der Waals surface area (Å²) in [4.78, 5) is 0. The molecular formula is C12H11Cl3. The van der Waals surface area contributed by atoms with Crippen LogP contribution in [-0.4, -0.2) is 5.38 Å². The molecule has 3 heteroatoms. The minimum absolute atomic E-state index is 0.129. The number of hydrogen-bond donors (Lipinski definition) is 0. The van der Waals surface area contributed by atoms with Crippen LogP contribution in [0.1, 0.15) is 24.8 Å². The first-order valence-electron chi connectivity index (χ1n) is 4.97. The Kier molecular flexibility index (Phi) is 3.60. The molecule has 0 saturated heterocycles. The predicted octanol–water partition coefficient (Wildman–Crippen LogP) is 5.17. The molecule has 1 aliphatic carbocycles. The van der Waals surface area contributed by atoms with E-state index in [9.17, 15) is 0 Å². The van der Waals surface area contributed by atoms with Gasteiger partial charge in [0.25, 0.3) is 0 Å². The molecule has 0 spiro atoms. The average Bonchev–Trinajstić information content (AvgIpc) is 2.22. The Labute approximate surface area is 105 Å². The number of allylic oxidation sites excluding steroid dienone is 2. The number of rotatable bonds is 1. The molecule has 1 aliphatic rings. The Morgan fingerprint density at radius 1 is 1.20 bits per heavy atom. The van der Waals surface area contributed by atoms with Crippen molar-refractivity contribution in [3.63, 3.8) is 0 Å². The summed E-state index contributed by atoms with van der Waals surface area (Å²) in [5.41, 5.74) is 2.24. The first-order valence-corrected chi connectivity index (χ1v) is 6.17. The van der Waals surface area contributed by atoms with Crippen LogP contribution in [-0.2, 0) is 0 Å². The number of hydrogen-bond acceptors (Lipinski definition) is 0. The Bertz CT molecular complexity index is 396. The van der Waals surface area contributed by atoms with E-state index in [2.05, 4.69) is 6.08 Å². The van der Waals surface area contributed by atoms with Gasteiger partial charge in [-0.25, -0.2) is 0 Å². The zero-order valence-corrected chi connectivity index (χ0v) is 10.4. The first kappa shape index (κ1) is 11.3. The highest BCUT2D eigenvalue weighted by Crippen LogP contribution is 2.35. The lowest BCUT2D eigenvalue weighted by atomic mass is 9.93. The molecule has 2 rings (SSSR count). The third-order valence-electron chi connectivity index (χ3n) is 2.61. The van der Waals surface area contributed by atoms with Crippen LogP contribution in [0, 0.1) is 0 Å². The molecule has 1 unspecified atom stereocenters. The van der Waals surface area contributed by atoms with Gasteiger partial charge in [-0.1, -0.05) is 41.4 Å². The van der Waals surface area contributed by atoms with Crippen LogP contribution in [0.4, 0.5) is 0 Å². The van der Waals surface area contributed by atoms with E-state index < -0.39 is 0 Å². The van der Waals surface area contributed by atoms with Crippen molar-refractivity contribution < 1.29 is 0 Å². The summed E-state index contributed by atoms with van der Waals surface area (Å²) in [6.45, 7) is 0. The molecule has 0 saturated carbocycles. The summed E-state index contributed by atoms with van der Waals surface area (Å²) in [5.74, 6) is 0. The largest absolute Gasteiger partial charge is 0.118 e. The van der Waals surface area contributed by atoms with Crippen LogP contribution in [0.5, 0.6) is 0 Å². The maximum absolute atomic E-state index is 6.16. The highest BCUT2D eigenvalue weighted by Gasteiger charge is 2.15. The molecule has 1 aromatic rings. The van der Waals surface area contributed by atoms with E-state index in [1.54, 1.807) is 6.07 Å². The molecule has 0 N–H and O–H groups in total. The number of alkyl halides is 1. The number of benzene rings is 1. The molecule has 1 aromatic carbocycles. The SMILES string of the molecule is Clc1cccc(C2=CC(Cl)CCC2)c1Cl. The van der Waals surface area contributed by atoms with Crippen LogP contribution in [0.25, 0.3) is 5.57 Å². The summed E-state index contributed by atoms with van der Waals surface area (Å²) < 4.78 is 0. The first-order chi connectivity index (χ1) is 7.18. The molecule has 0 aromatic heterocycles. The Morgan fingerprint density at radius 3 is 2.73 bits per heavy atom. The van der Waals surface area contributed by atoms with Gasteiger partial charge in [0.05, 0.1) is 15.4 Å². The van der Waals surface area contributed by atoms with Crippen LogP contribution in [0.2, 0.25) is 10.0 Å². The van der Waals surface area contributed by atoms with Crippen molar-refractivity contribution in [3.05, 3.63) is 39.9 Å². The zero-order chi connectivity index (χ0) is 10.8. The molecule has 0 fully saturated rings. The molecule has 0 amide bonds. The topological polar surface area (TPSA) is 0 Å². The van der Waals surface area contributed by atoms with E-state index in [0.29, 0.717) is 10.0 Å². The normalized spacial score (nSPS) is 21.3. The van der Waals surface area contributed by atoms with Gasteiger partial charge in [-0.3, -0.25) is 0 Å². The van der Waals surface area contributed by atoms with E-state index >= 15 is 0 Å². The van der Waals surface area contributed by atoms with Gasteiger partial charge in [0.2, 0.25) is 0 Å². The van der Waals surface area contributed by atoms with Gasteiger partial charge in [0.15, 0.2) is 0 Å². The molecule has 80 valence electrons. The summed E-state index contributed by atoms with van der Waals surface area (Å²) in [6.07, 6.45) is 5.28. The van der Waals surface area contributed by atoms with Gasteiger partial charge in [-0.05, 0) is 36.5 Å². The van der Waals surface area contributed by atoms with Gasteiger partial charge in [-0.15, -0.1) is 11.6 Å². The highest BCUT2D eigenvalue weighted by molar-refractivity contribution is 6.43. The van der Waals surface area contributed by atoms with E-state index in [0.717, 1.165) is 24.8 Å². The minimum atomic E-state index is 0.129. The molecule has 0 radical (unpaired) electrons. The van der Waals surface area contributed by atoms with E-state index in [1.807, 2.05) is 12.1 Å². The third kappa shape index (κ3) is 2.50. The molecule has 1 atom stereocenters. The zero-order valence-electron chi connectivity index (χ0n) is 8.14. The Morgan fingerprint density at radius 2 is 2.00 bits per heavy atom. The van der Waals surface area contributed by atoms with Gasteiger partial charge in [-0.2, -0.15) is 0 Å². The summed E-state index contributed by atoms with van der Waals surface area (Å²) in [6, 6.07) is 5.71. The monoisotopic (exact) mass is 260 g/mol. The molecular weight excluding hydrogens is 250 g/mol. The van der Waals surface area contributed by atoms with Crippen LogP contribution in [0.3, 0.4) is 0 Å². The lowest BCUT2D eigenvalue weighted by Crippen LogP contribution is -2.03. The van der Waals surface area contributed by atoms with Gasteiger partial charge < -0.3 is 0 Å². The van der Waals surface area contributed by atoms with Crippen molar-refractivity contribution in [1.29, 1.82) is 0 Å². The molecule has 15 heavy (non-hydrogen) atoms. The van der Waals surface area contributed by atoms with Crippen LogP contribution >= 0.6 is 34.8 Å². The van der Waals surface area contributed by atoms with Gasteiger partial charge in [0, 0.05) is 0 Å². The second-order valence-corrected chi connectivity index (χ2v) is 5.05. The lowest BCUT2D eigenvalue weighted by Gasteiger charge is -2.17. The fourth-order valence-electron chi connectivity index (χ4n) is 1.85. The maximum Gasteiger partial charge on any atom is 0.0667 e. The van der Waals surface area contributed by atoms with Gasteiger partial charge in [0.1, 0.15) is 0 Å². The van der Waals surface area contributed by atoms with E-state index in [1.165, 1.54) is 5.57 Å². The van der Waals surface area contributed by atoms with E-state index in [-0.39, 0.29) is 5.38 Å². The smallest absolute Gasteiger partial charge is 0.0667 e. The van der Waals surface area contributed by atoms with Crippen molar-refractivity contribution in [2.24, 2.45) is 0 Å². The molecule has 0 aliphatic heterocycles. The summed E-state index contributed by atoms with van der Waals surface area (Å²) >= 11 is 18.2. The summed E-state index contributed by atoms with van der Waals surface area (Å²) in [7, 11) is 0. The van der Waals surface area contributed by atoms with Crippen molar-refractivity contribution >= 4 is 40.4 Å². The summed E-state index contributed by atoms with van der Waals surface area (Å²) in [5, 5.41) is 1.37. The van der Waals surface area contributed by atoms with Crippen molar-refractivity contribution in [1.82, 2.24) is 0 Å². The highest BCUT2D eigenvalue weighted by atomic mass is 35.5. The van der Waals surface area contributed by atoms with Crippen LogP contribution in [0.15, 0.2) is 24.3 Å². The quantitative estimate of drug-likeness (QED) is 0.612. The second kappa shape index (κ2) is 4.78. The number of halogens is 3. The molecule has 0 heterocycles. The fourth-order valence-corrected chi connectivity index (χ4v) is 2.58. The van der Waals surface area contributed by atoms with Crippen LogP contribution < -0.4 is 0 Å². The van der Waals surface area contributed by atoms with Gasteiger partial charge >= 0.3 is 0 Å². The average molecular weight is 262 g/mol. The Hall–Kier alpha value is -0.170. The minimum Gasteiger partial charge on any atom is -0.118 e. The second-order valence-electron chi connectivity index (χ2n) is 3.70. The molecule has 0 nitrogen and oxygen atoms in total. The van der Waals surface area contributed by atoms with E-state index in [4.69, 9.17) is 34.8 Å². The fraction of sp³-hybridized carbons (Fsp3) is 0.333. The van der Waals surface area contributed by atoms with Crippen molar-refractivity contribution in [2.75, 3.05) is 0 Å². The standard InChI is InChI=1S/C12H11Cl3/c13-9-4-1-3-8(7-9)10-5-2-6-11(14)12(10)15/h2,5-7,9H,1,3-4H2. The third-order valence-corrected chi connectivity index (χ3v) is 3.77. The van der Waals surface area contributed by atoms with Crippen molar-refractivity contribution in [3.8, 4) is 0 Å². The Balaban J connectivity index is 2.41. The maximum atomic E-state index is 6.16.